The zero-order chi connectivity index (χ0) is 22.8. The molecule has 3 aromatic rings. The highest BCUT2D eigenvalue weighted by Gasteiger charge is 2.32. The van der Waals surface area contributed by atoms with Crippen LogP contribution in [0, 0.1) is 13.8 Å². The lowest BCUT2D eigenvalue weighted by atomic mass is 10.1. The lowest BCUT2D eigenvalue weighted by molar-refractivity contribution is -0.137. The van der Waals surface area contributed by atoms with Crippen molar-refractivity contribution in [2.24, 2.45) is 0 Å². The van der Waals surface area contributed by atoms with Crippen LogP contribution in [0.2, 0.25) is 0 Å². The van der Waals surface area contributed by atoms with Crippen molar-refractivity contribution >= 4 is 17.6 Å². The van der Waals surface area contributed by atoms with Crippen molar-refractivity contribution in [1.82, 2.24) is 4.98 Å². The number of amides is 1. The molecule has 160 valence electrons. The van der Waals surface area contributed by atoms with Crippen LogP contribution in [0.3, 0.4) is 0 Å². The van der Waals surface area contributed by atoms with Crippen LogP contribution in [0.1, 0.15) is 37.5 Å². The Hall–Kier alpha value is -3.88. The maximum absolute atomic E-state index is 13.2. The summed E-state index contributed by atoms with van der Waals surface area (Å²) in [6.07, 6.45) is -3.56. The van der Waals surface area contributed by atoms with E-state index < -0.39 is 23.6 Å². The molecule has 2 N–H and O–H groups in total. The van der Waals surface area contributed by atoms with Gasteiger partial charge in [-0.2, -0.15) is 13.2 Å². The van der Waals surface area contributed by atoms with Gasteiger partial charge < -0.3 is 15.2 Å². The van der Waals surface area contributed by atoms with Gasteiger partial charge in [-0.15, -0.1) is 0 Å². The van der Waals surface area contributed by atoms with Crippen LogP contribution < -0.4 is 10.1 Å². The number of rotatable bonds is 5. The van der Waals surface area contributed by atoms with Crippen molar-refractivity contribution < 1.29 is 32.6 Å². The minimum absolute atomic E-state index is 0.0624. The molecule has 0 unspecified atom stereocenters. The monoisotopic (exact) mass is 430 g/mol. The fourth-order valence-corrected chi connectivity index (χ4v) is 2.80. The van der Waals surface area contributed by atoms with Gasteiger partial charge in [-0.3, -0.25) is 4.79 Å². The van der Waals surface area contributed by atoms with Gasteiger partial charge in [0.25, 0.3) is 5.91 Å². The molecule has 0 spiro atoms. The number of ether oxygens (including phenoxy) is 1. The maximum Gasteiger partial charge on any atom is 0.416 e. The number of pyridine rings is 1. The van der Waals surface area contributed by atoms with E-state index in [1.807, 2.05) is 13.0 Å². The van der Waals surface area contributed by atoms with Crippen LogP contribution >= 0.6 is 0 Å². The fraction of sp³-hybridized carbons (Fsp3) is 0.136. The van der Waals surface area contributed by atoms with Crippen molar-refractivity contribution in [2.75, 3.05) is 5.32 Å². The third-order valence-electron chi connectivity index (χ3n) is 4.34. The molecule has 0 aliphatic carbocycles. The smallest absolute Gasteiger partial charge is 0.416 e. The summed E-state index contributed by atoms with van der Waals surface area (Å²) in [4.78, 5) is 27.3. The number of carbonyl (C=O) groups excluding carboxylic acids is 1. The van der Waals surface area contributed by atoms with Gasteiger partial charge in [0, 0.05) is 0 Å². The first-order valence-corrected chi connectivity index (χ1v) is 9.01. The van der Waals surface area contributed by atoms with Gasteiger partial charge in [0.1, 0.15) is 17.2 Å². The Morgan fingerprint density at radius 3 is 2.29 bits per heavy atom. The summed E-state index contributed by atoms with van der Waals surface area (Å²) in [6, 6.07) is 10.4. The predicted molar refractivity (Wildman–Crippen MR) is 107 cm³/mol. The van der Waals surface area contributed by atoms with Gasteiger partial charge in [0.15, 0.2) is 0 Å². The van der Waals surface area contributed by atoms with E-state index in [0.29, 0.717) is 11.8 Å². The molecule has 31 heavy (non-hydrogen) atoms. The molecular weight excluding hydrogens is 413 g/mol. The fourth-order valence-electron chi connectivity index (χ4n) is 2.80. The Morgan fingerprint density at radius 2 is 1.71 bits per heavy atom. The van der Waals surface area contributed by atoms with E-state index in [2.05, 4.69) is 10.3 Å². The zero-order valence-electron chi connectivity index (χ0n) is 16.4. The first-order chi connectivity index (χ1) is 14.5. The molecule has 1 aromatic heterocycles. The number of aromatic carboxylic acids is 1. The molecule has 0 atom stereocenters. The number of alkyl halides is 3. The van der Waals surface area contributed by atoms with Gasteiger partial charge in [-0.05, 0) is 55.8 Å². The van der Waals surface area contributed by atoms with Crippen molar-refractivity contribution in [3.8, 4) is 11.5 Å². The summed E-state index contributed by atoms with van der Waals surface area (Å²) < 4.78 is 45.4. The molecule has 3 rings (SSSR count). The normalized spacial score (nSPS) is 11.1. The van der Waals surface area contributed by atoms with E-state index in [0.717, 1.165) is 35.5 Å². The highest BCUT2D eigenvalue weighted by atomic mass is 19.4. The van der Waals surface area contributed by atoms with Crippen molar-refractivity contribution in [1.29, 1.82) is 0 Å². The van der Waals surface area contributed by atoms with Gasteiger partial charge in [0.05, 0.1) is 23.0 Å². The number of benzene rings is 2. The van der Waals surface area contributed by atoms with Crippen LogP contribution in [0.25, 0.3) is 0 Å². The first kappa shape index (κ1) is 21.8. The van der Waals surface area contributed by atoms with Crippen LogP contribution in [0.15, 0.2) is 54.7 Å². The number of aryl methyl sites for hydroxylation is 2. The topological polar surface area (TPSA) is 88.5 Å². The average Bonchev–Trinajstić information content (AvgIpc) is 2.70. The molecule has 9 heteroatoms. The average molecular weight is 430 g/mol. The van der Waals surface area contributed by atoms with Crippen LogP contribution in [0.4, 0.5) is 18.9 Å². The number of halogens is 3. The minimum Gasteiger partial charge on any atom is -0.477 e. The van der Waals surface area contributed by atoms with Crippen LogP contribution in [-0.4, -0.2) is 22.0 Å². The van der Waals surface area contributed by atoms with Crippen molar-refractivity contribution in [2.45, 2.75) is 20.0 Å². The number of carbonyl (C=O) groups is 2. The number of hydrogen-bond acceptors (Lipinski definition) is 4. The van der Waals surface area contributed by atoms with E-state index in [-0.39, 0.29) is 22.7 Å². The van der Waals surface area contributed by atoms with E-state index in [4.69, 9.17) is 9.84 Å². The summed E-state index contributed by atoms with van der Waals surface area (Å²) in [7, 11) is 0. The molecule has 2 aromatic carbocycles. The molecule has 0 bridgehead atoms. The summed E-state index contributed by atoms with van der Waals surface area (Å²) >= 11 is 0. The number of nitrogens with one attached hydrogen (secondary N) is 1. The van der Waals surface area contributed by atoms with Gasteiger partial charge in [-0.1, -0.05) is 17.7 Å². The summed E-state index contributed by atoms with van der Waals surface area (Å²) in [5.74, 6) is -1.78. The SMILES string of the molecule is Cc1ccc(Oc2ccc(C(F)(F)F)cc2C(=O)Nc2ccc(C(=O)O)nc2)c(C)c1. The summed E-state index contributed by atoms with van der Waals surface area (Å²) in [6.45, 7) is 3.67. The van der Waals surface area contributed by atoms with Crippen molar-refractivity contribution in [3.05, 3.63) is 82.7 Å². The third-order valence-corrected chi connectivity index (χ3v) is 4.34. The molecule has 0 saturated heterocycles. The number of carboxylic acid groups (broad SMARTS) is 1. The summed E-state index contributed by atoms with van der Waals surface area (Å²) in [5.41, 5.74) is 0.259. The van der Waals surface area contributed by atoms with E-state index in [9.17, 15) is 22.8 Å². The Labute approximate surface area is 175 Å². The number of anilines is 1. The molecule has 6 nitrogen and oxygen atoms in total. The Balaban J connectivity index is 1.96. The van der Waals surface area contributed by atoms with E-state index in [1.165, 1.54) is 6.07 Å². The van der Waals surface area contributed by atoms with Crippen LogP contribution in [0.5, 0.6) is 11.5 Å². The second kappa shape index (κ2) is 8.47. The highest BCUT2D eigenvalue weighted by Crippen LogP contribution is 2.35. The largest absolute Gasteiger partial charge is 0.477 e. The van der Waals surface area contributed by atoms with E-state index in [1.54, 1.807) is 19.1 Å². The number of aromatic nitrogens is 1. The second-order valence-corrected chi connectivity index (χ2v) is 6.77. The molecule has 0 aliphatic rings. The molecule has 0 radical (unpaired) electrons. The first-order valence-electron chi connectivity index (χ1n) is 9.01. The summed E-state index contributed by atoms with van der Waals surface area (Å²) in [5, 5.41) is 11.3. The molecule has 0 fully saturated rings. The molecule has 1 heterocycles. The predicted octanol–water partition coefficient (Wildman–Crippen LogP) is 5.46. The quantitative estimate of drug-likeness (QED) is 0.561. The molecule has 0 saturated carbocycles. The van der Waals surface area contributed by atoms with Gasteiger partial charge >= 0.3 is 12.1 Å². The Kier molecular flexibility index (Phi) is 5.96. The Bertz CT molecular complexity index is 1140. The standard InChI is InChI=1S/C22H17F3N2O4/c1-12-3-7-18(13(2)9-12)31-19-8-4-14(22(23,24)25)10-16(19)20(28)27-15-5-6-17(21(29)30)26-11-15/h3-11H,1-2H3,(H,27,28)(H,29,30). The van der Waals surface area contributed by atoms with Gasteiger partial charge in [0.2, 0.25) is 0 Å². The maximum atomic E-state index is 13.2. The molecule has 0 aliphatic heterocycles. The third kappa shape index (κ3) is 5.19. The number of nitrogens with zero attached hydrogens (tertiary/aromatic N) is 1. The Morgan fingerprint density at radius 1 is 1.00 bits per heavy atom. The van der Waals surface area contributed by atoms with E-state index >= 15 is 0 Å². The minimum atomic E-state index is -4.65. The highest BCUT2D eigenvalue weighted by molar-refractivity contribution is 6.06. The van der Waals surface area contributed by atoms with Crippen LogP contribution in [-0.2, 0) is 6.18 Å². The van der Waals surface area contributed by atoms with Gasteiger partial charge in [-0.25, -0.2) is 9.78 Å². The van der Waals surface area contributed by atoms with Crippen molar-refractivity contribution in [3.63, 3.8) is 0 Å². The second-order valence-electron chi connectivity index (χ2n) is 6.77. The lowest BCUT2D eigenvalue weighted by Gasteiger charge is -2.16. The molecule has 1 amide bonds. The number of carboxylic acids is 1. The lowest BCUT2D eigenvalue weighted by Crippen LogP contribution is -2.15. The molecular formula is C22H17F3N2O4. The number of hydrogen-bond donors (Lipinski definition) is 2. The zero-order valence-corrected chi connectivity index (χ0v) is 16.4.